The van der Waals surface area contributed by atoms with E-state index >= 15 is 0 Å². The van der Waals surface area contributed by atoms with E-state index in [1.165, 1.54) is 14.5 Å². The maximum absolute atomic E-state index is 6.01. The summed E-state index contributed by atoms with van der Waals surface area (Å²) in [5, 5.41) is 2.08. The summed E-state index contributed by atoms with van der Waals surface area (Å²) in [5.74, 6) is 0. The lowest BCUT2D eigenvalue weighted by atomic mass is 10.2. The maximum Gasteiger partial charge on any atom is 0.152 e. The minimum Gasteiger partial charge on any atom is -0.374 e. The van der Waals surface area contributed by atoms with E-state index in [9.17, 15) is 0 Å². The van der Waals surface area contributed by atoms with Gasteiger partial charge in [-0.05, 0) is 40.8 Å². The molecule has 15 heavy (non-hydrogen) atoms. The third-order valence-electron chi connectivity index (χ3n) is 2.44. The van der Waals surface area contributed by atoms with Crippen LogP contribution in [0.4, 0.5) is 0 Å². The summed E-state index contributed by atoms with van der Waals surface area (Å²) in [5.41, 5.74) is 1.31. The number of benzene rings is 1. The molecule has 0 saturated heterocycles. The molecule has 0 amide bonds. The summed E-state index contributed by atoms with van der Waals surface area (Å²) in [7, 11) is -1.33. The first-order valence-corrected chi connectivity index (χ1v) is 9.76. The highest BCUT2D eigenvalue weighted by atomic mass is 127. The largest absolute Gasteiger partial charge is 0.374 e. The average Bonchev–Trinajstić information content (AvgIpc) is 2.43. The first-order valence-electron chi connectivity index (χ1n) is 4.86. The molecule has 0 atom stereocenters. The Hall–Kier alpha value is -0.00312. The second-order valence-corrected chi connectivity index (χ2v) is 11.1. The SMILES string of the molecule is C[Si](C)(C)n1cc(I)c2cc(Cl)ccc21. The van der Waals surface area contributed by atoms with Gasteiger partial charge in [0.2, 0.25) is 0 Å². The van der Waals surface area contributed by atoms with Crippen LogP contribution in [-0.4, -0.2) is 12.5 Å². The number of hydrogen-bond acceptors (Lipinski definition) is 0. The van der Waals surface area contributed by atoms with E-state index in [1.54, 1.807) is 0 Å². The molecule has 1 aromatic heterocycles. The first kappa shape index (κ1) is 11.5. The smallest absolute Gasteiger partial charge is 0.152 e. The van der Waals surface area contributed by atoms with Crippen LogP contribution < -0.4 is 0 Å². The normalized spacial score (nSPS) is 12.3. The van der Waals surface area contributed by atoms with Gasteiger partial charge in [-0.1, -0.05) is 31.2 Å². The quantitative estimate of drug-likeness (QED) is 0.524. The molecule has 80 valence electrons. The molecule has 0 aliphatic carbocycles. The number of halogens is 2. The van der Waals surface area contributed by atoms with Crippen LogP contribution in [-0.2, 0) is 0 Å². The number of aromatic nitrogens is 1. The minimum absolute atomic E-state index is 0.814. The van der Waals surface area contributed by atoms with Crippen LogP contribution in [0, 0.1) is 3.57 Å². The zero-order chi connectivity index (χ0) is 11.2. The van der Waals surface area contributed by atoms with Crippen LogP contribution in [0.15, 0.2) is 24.4 Å². The van der Waals surface area contributed by atoms with Crippen LogP contribution >= 0.6 is 34.2 Å². The number of hydrogen-bond donors (Lipinski definition) is 0. The predicted molar refractivity (Wildman–Crippen MR) is 78.4 cm³/mol. The summed E-state index contributed by atoms with van der Waals surface area (Å²) in [6.45, 7) is 7.03. The van der Waals surface area contributed by atoms with Crippen molar-refractivity contribution >= 4 is 53.3 Å². The monoisotopic (exact) mass is 349 g/mol. The summed E-state index contributed by atoms with van der Waals surface area (Å²) in [6, 6.07) is 6.14. The van der Waals surface area contributed by atoms with Gasteiger partial charge in [-0.2, -0.15) is 0 Å². The Morgan fingerprint density at radius 2 is 1.93 bits per heavy atom. The molecule has 1 heterocycles. The molecule has 1 aromatic carbocycles. The summed E-state index contributed by atoms with van der Waals surface area (Å²) in [6.07, 6.45) is 2.24. The third kappa shape index (κ3) is 2.10. The Morgan fingerprint density at radius 1 is 1.27 bits per heavy atom. The van der Waals surface area contributed by atoms with Crippen LogP contribution in [0.2, 0.25) is 24.7 Å². The Kier molecular flexibility index (Phi) is 2.90. The van der Waals surface area contributed by atoms with Crippen LogP contribution in [0.25, 0.3) is 10.9 Å². The molecular weight excluding hydrogens is 337 g/mol. The molecule has 0 aliphatic rings. The standard InChI is InChI=1S/C11H13ClINSi/c1-15(2,3)14-7-10(13)9-6-8(12)4-5-11(9)14/h4-7H,1-3H3. The highest BCUT2D eigenvalue weighted by Gasteiger charge is 2.19. The van der Waals surface area contributed by atoms with Crippen molar-refractivity contribution in [3.05, 3.63) is 33.0 Å². The van der Waals surface area contributed by atoms with Crippen molar-refractivity contribution in [1.82, 2.24) is 4.23 Å². The molecule has 4 heteroatoms. The topological polar surface area (TPSA) is 4.93 Å². The van der Waals surface area contributed by atoms with Gasteiger partial charge in [-0.3, -0.25) is 0 Å². The van der Waals surface area contributed by atoms with E-state index in [-0.39, 0.29) is 0 Å². The second-order valence-electron chi connectivity index (χ2n) is 4.68. The van der Waals surface area contributed by atoms with Crippen molar-refractivity contribution in [2.45, 2.75) is 19.6 Å². The minimum atomic E-state index is -1.33. The lowest BCUT2D eigenvalue weighted by Crippen LogP contribution is -2.30. The molecule has 0 saturated carbocycles. The molecule has 2 rings (SSSR count). The van der Waals surface area contributed by atoms with Crippen LogP contribution in [0.1, 0.15) is 0 Å². The fourth-order valence-corrected chi connectivity index (χ4v) is 4.30. The lowest BCUT2D eigenvalue weighted by molar-refractivity contribution is 1.20. The Labute approximate surface area is 110 Å². The molecule has 0 fully saturated rings. The van der Waals surface area contributed by atoms with Crippen molar-refractivity contribution < 1.29 is 0 Å². The van der Waals surface area contributed by atoms with Gasteiger partial charge in [0, 0.05) is 25.7 Å². The molecule has 0 aliphatic heterocycles. The number of nitrogens with zero attached hydrogens (tertiary/aromatic N) is 1. The third-order valence-corrected chi connectivity index (χ3v) is 5.35. The average molecular weight is 350 g/mol. The number of fused-ring (bicyclic) bond motifs is 1. The molecule has 0 N–H and O–H groups in total. The molecule has 0 unspecified atom stereocenters. The maximum atomic E-state index is 6.01. The van der Waals surface area contributed by atoms with Crippen molar-refractivity contribution in [1.29, 1.82) is 0 Å². The van der Waals surface area contributed by atoms with Gasteiger partial charge in [0.1, 0.15) is 0 Å². The Bertz CT molecular complexity index is 513. The number of rotatable bonds is 1. The molecule has 0 spiro atoms. The van der Waals surface area contributed by atoms with Crippen LogP contribution in [0.3, 0.4) is 0 Å². The predicted octanol–water partition coefficient (Wildman–Crippen LogP) is 4.58. The van der Waals surface area contributed by atoms with Gasteiger partial charge in [-0.15, -0.1) is 0 Å². The molecule has 0 bridgehead atoms. The molecule has 0 radical (unpaired) electrons. The molecule has 1 nitrogen and oxygen atoms in total. The Morgan fingerprint density at radius 3 is 2.53 bits per heavy atom. The Balaban J connectivity index is 2.79. The lowest BCUT2D eigenvalue weighted by Gasteiger charge is -2.19. The van der Waals surface area contributed by atoms with Crippen molar-refractivity contribution in [3.63, 3.8) is 0 Å². The summed E-state index contributed by atoms with van der Waals surface area (Å²) < 4.78 is 3.72. The van der Waals surface area contributed by atoms with Gasteiger partial charge in [0.05, 0.1) is 0 Å². The molecular formula is C11H13ClINSi. The second kappa shape index (κ2) is 3.78. The first-order chi connectivity index (χ1) is 6.89. The fourth-order valence-electron chi connectivity index (χ4n) is 1.72. The van der Waals surface area contributed by atoms with E-state index in [0.717, 1.165) is 5.02 Å². The van der Waals surface area contributed by atoms with Crippen molar-refractivity contribution in [2.75, 3.05) is 0 Å². The van der Waals surface area contributed by atoms with Crippen molar-refractivity contribution in [3.8, 4) is 0 Å². The van der Waals surface area contributed by atoms with E-state index in [1.807, 2.05) is 6.07 Å². The van der Waals surface area contributed by atoms with E-state index in [4.69, 9.17) is 11.6 Å². The summed E-state index contributed by atoms with van der Waals surface area (Å²) >= 11 is 8.39. The van der Waals surface area contributed by atoms with Gasteiger partial charge >= 0.3 is 0 Å². The highest BCUT2D eigenvalue weighted by molar-refractivity contribution is 14.1. The van der Waals surface area contributed by atoms with E-state index < -0.39 is 8.24 Å². The van der Waals surface area contributed by atoms with Gasteiger partial charge in [0.15, 0.2) is 8.24 Å². The highest BCUT2D eigenvalue weighted by Crippen LogP contribution is 2.28. The van der Waals surface area contributed by atoms with Gasteiger partial charge < -0.3 is 4.23 Å². The van der Waals surface area contributed by atoms with Crippen LogP contribution in [0.5, 0.6) is 0 Å². The molecule has 2 aromatic rings. The van der Waals surface area contributed by atoms with Crippen molar-refractivity contribution in [2.24, 2.45) is 0 Å². The van der Waals surface area contributed by atoms with Gasteiger partial charge in [0.25, 0.3) is 0 Å². The van der Waals surface area contributed by atoms with Gasteiger partial charge in [-0.25, -0.2) is 0 Å². The summed E-state index contributed by atoms with van der Waals surface area (Å²) in [4.78, 5) is 0. The van der Waals surface area contributed by atoms with E-state index in [2.05, 4.69) is 64.8 Å². The fraction of sp³-hybridized carbons (Fsp3) is 0.273. The zero-order valence-corrected chi connectivity index (χ0v) is 12.9. The van der Waals surface area contributed by atoms with E-state index in [0.29, 0.717) is 0 Å². The zero-order valence-electron chi connectivity index (χ0n) is 9.01.